The van der Waals surface area contributed by atoms with Gasteiger partial charge in [-0.15, -0.1) is 22.7 Å². The van der Waals surface area contributed by atoms with Gasteiger partial charge in [0.05, 0.1) is 28.1 Å². The summed E-state index contributed by atoms with van der Waals surface area (Å²) < 4.78 is 0. The van der Waals surface area contributed by atoms with E-state index < -0.39 is 0 Å². The van der Waals surface area contributed by atoms with E-state index in [1.807, 2.05) is 22.9 Å². The number of nitrogens with zero attached hydrogens (tertiary/aromatic N) is 2. The fraction of sp³-hybridized carbons (Fsp3) is 0.111. The van der Waals surface area contributed by atoms with E-state index in [2.05, 4.69) is 10.3 Å². The van der Waals surface area contributed by atoms with E-state index in [1.165, 1.54) is 24.5 Å². The fourth-order valence-electron chi connectivity index (χ4n) is 2.71. The van der Waals surface area contributed by atoms with Crippen LogP contribution in [0.25, 0.3) is 9.88 Å². The van der Waals surface area contributed by atoms with Gasteiger partial charge in [0.1, 0.15) is 5.01 Å². The molecule has 1 aliphatic rings. The van der Waals surface area contributed by atoms with Crippen molar-refractivity contribution in [1.29, 1.82) is 0 Å². The molecule has 0 fully saturated rings. The maximum Gasteiger partial charge on any atom is 0.261 e. The van der Waals surface area contributed by atoms with Gasteiger partial charge in [0.2, 0.25) is 5.91 Å². The number of anilines is 1. The summed E-state index contributed by atoms with van der Waals surface area (Å²) in [5.74, 6) is -0.911. The normalized spacial score (nSPS) is 13.2. The molecule has 0 aliphatic carbocycles. The van der Waals surface area contributed by atoms with Gasteiger partial charge in [-0.1, -0.05) is 6.07 Å². The van der Waals surface area contributed by atoms with Crippen LogP contribution in [0.15, 0.2) is 41.1 Å². The van der Waals surface area contributed by atoms with Gasteiger partial charge in [0.15, 0.2) is 0 Å². The molecule has 1 N–H and O–H groups in total. The van der Waals surface area contributed by atoms with E-state index in [9.17, 15) is 14.4 Å². The van der Waals surface area contributed by atoms with E-state index in [0.29, 0.717) is 22.5 Å². The van der Waals surface area contributed by atoms with E-state index in [-0.39, 0.29) is 24.1 Å². The number of amides is 3. The minimum Gasteiger partial charge on any atom is -0.326 e. The molecular weight excluding hydrogens is 370 g/mol. The van der Waals surface area contributed by atoms with Crippen LogP contribution in [0.1, 0.15) is 26.4 Å². The lowest BCUT2D eigenvalue weighted by Gasteiger charge is -2.05. The van der Waals surface area contributed by atoms with Gasteiger partial charge in [-0.25, -0.2) is 4.98 Å². The van der Waals surface area contributed by atoms with Gasteiger partial charge in [-0.2, -0.15) is 0 Å². The number of nitrogens with one attached hydrogen (secondary N) is 1. The predicted molar refractivity (Wildman–Crippen MR) is 101 cm³/mol. The van der Waals surface area contributed by atoms with Gasteiger partial charge < -0.3 is 5.32 Å². The molecule has 0 radical (unpaired) electrons. The number of rotatable bonds is 4. The van der Waals surface area contributed by atoms with Crippen molar-refractivity contribution in [3.63, 3.8) is 0 Å². The van der Waals surface area contributed by atoms with Crippen molar-refractivity contribution in [2.45, 2.75) is 6.42 Å². The number of hydrogen-bond acceptors (Lipinski definition) is 6. The first-order chi connectivity index (χ1) is 12.5. The lowest BCUT2D eigenvalue weighted by atomic mass is 10.1. The maximum absolute atomic E-state index is 12.3. The Labute approximate surface area is 157 Å². The van der Waals surface area contributed by atoms with Gasteiger partial charge in [-0.3, -0.25) is 19.3 Å². The zero-order valence-electron chi connectivity index (χ0n) is 13.7. The van der Waals surface area contributed by atoms with Gasteiger partial charge in [0, 0.05) is 18.1 Å². The molecule has 0 bridgehead atoms. The average Bonchev–Trinajstić information content (AvgIpc) is 3.34. The summed E-state index contributed by atoms with van der Waals surface area (Å²) in [7, 11) is 1.44. The lowest BCUT2D eigenvalue weighted by molar-refractivity contribution is -0.115. The smallest absolute Gasteiger partial charge is 0.261 e. The van der Waals surface area contributed by atoms with Crippen LogP contribution in [-0.2, 0) is 11.2 Å². The van der Waals surface area contributed by atoms with Crippen LogP contribution in [0.4, 0.5) is 5.69 Å². The van der Waals surface area contributed by atoms with Gasteiger partial charge in [-0.05, 0) is 29.6 Å². The molecule has 3 aromatic rings. The number of hydrogen-bond donors (Lipinski definition) is 1. The highest BCUT2D eigenvalue weighted by Gasteiger charge is 2.32. The van der Waals surface area contributed by atoms with Crippen LogP contribution < -0.4 is 5.32 Å². The fourth-order valence-corrected chi connectivity index (χ4v) is 4.34. The summed E-state index contributed by atoms with van der Waals surface area (Å²) >= 11 is 3.11. The quantitative estimate of drug-likeness (QED) is 0.701. The number of thiophene rings is 1. The summed E-state index contributed by atoms with van der Waals surface area (Å²) in [5, 5.41) is 7.51. The molecule has 0 atom stereocenters. The Morgan fingerprint density at radius 3 is 2.73 bits per heavy atom. The summed E-state index contributed by atoms with van der Waals surface area (Å²) in [6.45, 7) is 0. The van der Waals surface area contributed by atoms with Crippen LogP contribution in [0.2, 0.25) is 0 Å². The SMILES string of the molecule is CN1C(=O)c2ccc(NC(=O)Cc3csc(-c4cccs4)n3)cc2C1=O. The molecule has 0 saturated heterocycles. The third kappa shape index (κ3) is 2.93. The second-order valence-corrected chi connectivity index (χ2v) is 7.58. The third-order valence-corrected chi connectivity index (χ3v) is 5.93. The first kappa shape index (κ1) is 16.6. The molecule has 0 unspecified atom stereocenters. The molecule has 1 aromatic carbocycles. The molecule has 130 valence electrons. The van der Waals surface area contributed by atoms with E-state index in [1.54, 1.807) is 23.5 Å². The Hall–Kier alpha value is -2.84. The molecule has 8 heteroatoms. The summed E-state index contributed by atoms with van der Waals surface area (Å²) in [5.41, 5.74) is 1.85. The number of aromatic nitrogens is 1. The molecule has 0 spiro atoms. The van der Waals surface area contributed by atoms with E-state index in [4.69, 9.17) is 0 Å². The molecule has 4 rings (SSSR count). The summed E-state index contributed by atoms with van der Waals surface area (Å²) in [6.07, 6.45) is 0.145. The summed E-state index contributed by atoms with van der Waals surface area (Å²) in [6, 6.07) is 8.68. The van der Waals surface area contributed by atoms with Crippen molar-refractivity contribution in [1.82, 2.24) is 9.88 Å². The second kappa shape index (κ2) is 6.47. The highest BCUT2D eigenvalue weighted by molar-refractivity contribution is 7.20. The first-order valence-electron chi connectivity index (χ1n) is 7.77. The number of carbonyl (C=O) groups is 3. The van der Waals surface area contributed by atoms with Crippen LogP contribution in [0.5, 0.6) is 0 Å². The second-order valence-electron chi connectivity index (χ2n) is 5.78. The number of benzene rings is 1. The van der Waals surface area contributed by atoms with Crippen LogP contribution in [0.3, 0.4) is 0 Å². The molecule has 26 heavy (non-hydrogen) atoms. The topological polar surface area (TPSA) is 79.4 Å². The number of fused-ring (bicyclic) bond motifs is 1. The Balaban J connectivity index is 1.46. The van der Waals surface area contributed by atoms with Gasteiger partial charge in [0.25, 0.3) is 11.8 Å². The van der Waals surface area contributed by atoms with Crippen molar-refractivity contribution in [2.75, 3.05) is 12.4 Å². The Morgan fingerprint density at radius 1 is 1.15 bits per heavy atom. The standard InChI is InChI=1S/C18H13N3O3S2/c1-21-17(23)12-5-4-10(7-13(12)18(21)24)19-15(22)8-11-9-26-16(20-11)14-3-2-6-25-14/h2-7,9H,8H2,1H3,(H,19,22). The number of imide groups is 1. The third-order valence-electron chi connectivity index (χ3n) is 4.00. The first-order valence-corrected chi connectivity index (χ1v) is 9.53. The minimum absolute atomic E-state index is 0.145. The minimum atomic E-state index is -0.360. The highest BCUT2D eigenvalue weighted by atomic mass is 32.1. The molecule has 3 amide bonds. The zero-order chi connectivity index (χ0) is 18.3. The summed E-state index contributed by atoms with van der Waals surface area (Å²) in [4.78, 5) is 42.8. The Morgan fingerprint density at radius 2 is 1.96 bits per heavy atom. The maximum atomic E-state index is 12.3. The number of carbonyl (C=O) groups excluding carboxylic acids is 3. The average molecular weight is 383 g/mol. The van der Waals surface area contributed by atoms with Crippen molar-refractivity contribution >= 4 is 46.1 Å². The zero-order valence-corrected chi connectivity index (χ0v) is 15.3. The molecule has 2 aromatic heterocycles. The van der Waals surface area contributed by atoms with Crippen LogP contribution >= 0.6 is 22.7 Å². The van der Waals surface area contributed by atoms with Crippen molar-refractivity contribution in [3.05, 3.63) is 57.9 Å². The predicted octanol–water partition coefficient (Wildman–Crippen LogP) is 3.28. The largest absolute Gasteiger partial charge is 0.326 e. The Kier molecular flexibility index (Phi) is 4.14. The molecular formula is C18H13N3O3S2. The van der Waals surface area contributed by atoms with Crippen LogP contribution in [-0.4, -0.2) is 34.7 Å². The van der Waals surface area contributed by atoms with Crippen molar-refractivity contribution in [2.24, 2.45) is 0 Å². The molecule has 0 saturated carbocycles. The van der Waals surface area contributed by atoms with Gasteiger partial charge >= 0.3 is 0 Å². The molecule has 1 aliphatic heterocycles. The monoisotopic (exact) mass is 383 g/mol. The van der Waals surface area contributed by atoms with E-state index >= 15 is 0 Å². The number of thiazole rings is 1. The highest BCUT2D eigenvalue weighted by Crippen LogP contribution is 2.28. The van der Waals surface area contributed by atoms with E-state index in [0.717, 1.165) is 14.8 Å². The Bertz CT molecular complexity index is 1020. The van der Waals surface area contributed by atoms with Crippen molar-refractivity contribution in [3.8, 4) is 9.88 Å². The molecule has 6 nitrogen and oxygen atoms in total. The van der Waals surface area contributed by atoms with Crippen molar-refractivity contribution < 1.29 is 14.4 Å². The molecule has 3 heterocycles. The lowest BCUT2D eigenvalue weighted by Crippen LogP contribution is -2.24. The van der Waals surface area contributed by atoms with Crippen LogP contribution in [0, 0.1) is 0 Å².